The van der Waals surface area contributed by atoms with Gasteiger partial charge in [0.05, 0.1) is 19.0 Å². The molecule has 0 spiro atoms. The Morgan fingerprint density at radius 1 is 1.48 bits per heavy atom. The topological polar surface area (TPSA) is 142 Å². The van der Waals surface area contributed by atoms with Crippen molar-refractivity contribution >= 4 is 23.0 Å². The summed E-state index contributed by atoms with van der Waals surface area (Å²) in [5.74, 6) is -0.389. The van der Waals surface area contributed by atoms with Gasteiger partial charge >= 0.3 is 0 Å². The summed E-state index contributed by atoms with van der Waals surface area (Å²) in [5.41, 5.74) is 0.101. The smallest absolute Gasteiger partial charge is 0.280 e. The lowest BCUT2D eigenvalue weighted by Gasteiger charge is -2.14. The molecule has 2 unspecified atom stereocenters. The summed E-state index contributed by atoms with van der Waals surface area (Å²) in [7, 11) is 1.00. The van der Waals surface area contributed by atoms with Gasteiger partial charge in [-0.3, -0.25) is 24.5 Å². The number of amides is 1. The zero-order chi connectivity index (χ0) is 18.6. The van der Waals surface area contributed by atoms with Gasteiger partial charge in [0.25, 0.3) is 5.56 Å². The molecule has 1 amide bonds. The summed E-state index contributed by atoms with van der Waals surface area (Å²) >= 11 is 0. The Bertz CT molecular complexity index is 784. The van der Waals surface area contributed by atoms with Gasteiger partial charge in [-0.15, -0.1) is 0 Å². The number of carbonyl (C=O) groups excluding carboxylic acids is 1. The van der Waals surface area contributed by atoms with Crippen LogP contribution in [0.15, 0.2) is 11.1 Å². The molecule has 10 heteroatoms. The van der Waals surface area contributed by atoms with E-state index in [-0.39, 0.29) is 42.2 Å². The highest BCUT2D eigenvalue weighted by Crippen LogP contribution is 2.29. The zero-order valence-corrected chi connectivity index (χ0v) is 14.4. The number of carbonyl (C=O) groups is 1. The number of rotatable bonds is 4. The van der Waals surface area contributed by atoms with Crippen LogP contribution in [0.1, 0.15) is 32.9 Å². The van der Waals surface area contributed by atoms with Crippen molar-refractivity contribution in [3.63, 3.8) is 0 Å². The molecule has 1 saturated heterocycles. The predicted octanol–water partition coefficient (Wildman–Crippen LogP) is -0.00750. The van der Waals surface area contributed by atoms with Crippen LogP contribution in [0.25, 0.3) is 11.2 Å². The average molecular weight is 353 g/mol. The van der Waals surface area contributed by atoms with Gasteiger partial charge in [0.2, 0.25) is 11.9 Å². The summed E-state index contributed by atoms with van der Waals surface area (Å²) in [4.78, 5) is 34.7. The van der Waals surface area contributed by atoms with E-state index in [0.29, 0.717) is 12.1 Å². The lowest BCUT2D eigenvalue weighted by Crippen LogP contribution is -2.22. The van der Waals surface area contributed by atoms with Gasteiger partial charge in [0, 0.05) is 13.0 Å². The molecule has 2 aromatic rings. The fourth-order valence-electron chi connectivity index (χ4n) is 2.48. The van der Waals surface area contributed by atoms with Crippen molar-refractivity contribution in [2.75, 3.05) is 19.0 Å². The summed E-state index contributed by atoms with van der Waals surface area (Å²) in [6.45, 7) is 3.45. The molecule has 25 heavy (non-hydrogen) atoms. The van der Waals surface area contributed by atoms with Crippen molar-refractivity contribution in [3.8, 4) is 0 Å². The number of hydrogen-bond donors (Lipinski definition) is 4. The highest BCUT2D eigenvalue weighted by Gasteiger charge is 2.28. The Morgan fingerprint density at radius 3 is 2.80 bits per heavy atom. The standard InChI is InChI=1S/C14H19N5O4.CH4O/c1-7(2)12(21)17-14-16-11-10(13(22)18-14)15-6-19(11)9-4-3-8(5-20)23-9;1-2/h6-9,20H,3-5H2,1-2H3,(H2,16,17,18,21,22);2H,1H3. The van der Waals surface area contributed by atoms with E-state index in [4.69, 9.17) is 14.9 Å². The van der Waals surface area contributed by atoms with E-state index in [0.717, 1.165) is 13.5 Å². The molecule has 138 valence electrons. The van der Waals surface area contributed by atoms with Crippen LogP contribution < -0.4 is 10.9 Å². The molecular formula is C15H23N5O5. The predicted molar refractivity (Wildman–Crippen MR) is 90.0 cm³/mol. The third-order valence-electron chi connectivity index (χ3n) is 3.80. The van der Waals surface area contributed by atoms with E-state index < -0.39 is 5.56 Å². The molecule has 1 aliphatic rings. The Balaban J connectivity index is 0.00000109. The van der Waals surface area contributed by atoms with Crippen LogP contribution >= 0.6 is 0 Å². The molecule has 2 aromatic heterocycles. The van der Waals surface area contributed by atoms with Crippen LogP contribution in [0, 0.1) is 5.92 Å². The third kappa shape index (κ3) is 4.03. The molecule has 4 N–H and O–H groups in total. The van der Waals surface area contributed by atoms with Crippen molar-refractivity contribution < 1.29 is 19.7 Å². The summed E-state index contributed by atoms with van der Waals surface area (Å²) in [6.07, 6.45) is 2.35. The highest BCUT2D eigenvalue weighted by molar-refractivity contribution is 5.91. The monoisotopic (exact) mass is 353 g/mol. The molecule has 3 heterocycles. The molecule has 0 bridgehead atoms. The summed E-state index contributed by atoms with van der Waals surface area (Å²) < 4.78 is 7.35. The number of nitrogens with one attached hydrogen (secondary N) is 2. The van der Waals surface area contributed by atoms with Crippen molar-refractivity contribution in [2.45, 2.75) is 39.0 Å². The van der Waals surface area contributed by atoms with Crippen LogP contribution in [-0.4, -0.2) is 55.5 Å². The lowest BCUT2D eigenvalue weighted by atomic mass is 10.2. The van der Waals surface area contributed by atoms with Crippen molar-refractivity contribution in [2.24, 2.45) is 5.92 Å². The Kier molecular flexibility index (Phi) is 6.23. The second-order valence-corrected chi connectivity index (χ2v) is 5.86. The van der Waals surface area contributed by atoms with E-state index in [9.17, 15) is 9.59 Å². The minimum Gasteiger partial charge on any atom is -0.400 e. The average Bonchev–Trinajstić information content (AvgIpc) is 3.23. The van der Waals surface area contributed by atoms with E-state index in [1.807, 2.05) is 0 Å². The molecule has 1 fully saturated rings. The Hall–Kier alpha value is -2.30. The normalized spacial score (nSPS) is 19.8. The van der Waals surface area contributed by atoms with Crippen LogP contribution in [-0.2, 0) is 9.53 Å². The fraction of sp³-hybridized carbons (Fsp3) is 0.600. The van der Waals surface area contributed by atoms with E-state index in [1.54, 1.807) is 18.4 Å². The third-order valence-corrected chi connectivity index (χ3v) is 3.80. The highest BCUT2D eigenvalue weighted by atomic mass is 16.5. The summed E-state index contributed by atoms with van der Waals surface area (Å²) in [6, 6.07) is 0. The van der Waals surface area contributed by atoms with E-state index >= 15 is 0 Å². The SMILES string of the molecule is CC(C)C(=O)Nc1nc2c(ncn2C2CCC(CO)O2)c(=O)[nH]1.CO. The number of hydrogen-bond acceptors (Lipinski definition) is 7. The number of aliphatic hydroxyl groups excluding tert-OH is 2. The minimum absolute atomic E-state index is 0.0488. The first-order chi connectivity index (χ1) is 12.0. The first kappa shape index (κ1) is 19.0. The molecule has 3 rings (SSSR count). The van der Waals surface area contributed by atoms with Gasteiger partial charge in [-0.1, -0.05) is 13.8 Å². The Labute approximate surface area is 143 Å². The molecule has 0 aliphatic carbocycles. The maximum Gasteiger partial charge on any atom is 0.280 e. The van der Waals surface area contributed by atoms with Crippen LogP contribution in [0.4, 0.5) is 5.95 Å². The number of imidazole rings is 1. The van der Waals surface area contributed by atoms with Crippen LogP contribution in [0.2, 0.25) is 0 Å². The van der Waals surface area contributed by atoms with Gasteiger partial charge in [0.15, 0.2) is 11.2 Å². The molecular weight excluding hydrogens is 330 g/mol. The van der Waals surface area contributed by atoms with Crippen LogP contribution in [0.5, 0.6) is 0 Å². The number of aliphatic hydroxyl groups is 2. The maximum absolute atomic E-state index is 12.1. The number of fused-ring (bicyclic) bond motifs is 1. The van der Waals surface area contributed by atoms with Crippen LogP contribution in [0.3, 0.4) is 0 Å². The second-order valence-electron chi connectivity index (χ2n) is 5.86. The quantitative estimate of drug-likeness (QED) is 0.605. The maximum atomic E-state index is 12.1. The van der Waals surface area contributed by atoms with Gasteiger partial charge in [0.1, 0.15) is 6.23 Å². The van der Waals surface area contributed by atoms with Gasteiger partial charge < -0.3 is 14.9 Å². The second kappa shape index (κ2) is 8.19. The molecule has 10 nitrogen and oxygen atoms in total. The van der Waals surface area contributed by atoms with Gasteiger partial charge in [-0.25, -0.2) is 4.98 Å². The number of anilines is 1. The zero-order valence-electron chi connectivity index (χ0n) is 14.4. The van der Waals surface area contributed by atoms with Crippen molar-refractivity contribution in [1.29, 1.82) is 0 Å². The fourth-order valence-corrected chi connectivity index (χ4v) is 2.48. The van der Waals surface area contributed by atoms with E-state index in [1.165, 1.54) is 6.33 Å². The first-order valence-corrected chi connectivity index (χ1v) is 7.98. The minimum atomic E-state index is -0.426. The molecule has 1 aliphatic heterocycles. The molecule has 0 aromatic carbocycles. The van der Waals surface area contributed by atoms with E-state index in [2.05, 4.69) is 20.3 Å². The number of nitrogens with zero attached hydrogens (tertiary/aromatic N) is 3. The number of H-pyrrole nitrogens is 1. The Morgan fingerprint density at radius 2 is 2.20 bits per heavy atom. The summed E-state index contributed by atoms with van der Waals surface area (Å²) in [5, 5.41) is 18.7. The van der Waals surface area contributed by atoms with Gasteiger partial charge in [-0.05, 0) is 12.8 Å². The van der Waals surface area contributed by atoms with Crippen molar-refractivity contribution in [3.05, 3.63) is 16.7 Å². The molecule has 2 atom stereocenters. The van der Waals surface area contributed by atoms with Crippen molar-refractivity contribution in [1.82, 2.24) is 19.5 Å². The lowest BCUT2D eigenvalue weighted by molar-refractivity contribution is -0.118. The largest absolute Gasteiger partial charge is 0.400 e. The number of aromatic amines is 1. The molecule has 0 saturated carbocycles. The first-order valence-electron chi connectivity index (χ1n) is 7.98. The molecule has 0 radical (unpaired) electrons. The number of ether oxygens (including phenoxy) is 1. The number of aromatic nitrogens is 4. The van der Waals surface area contributed by atoms with Gasteiger partial charge in [-0.2, -0.15) is 4.98 Å².